The summed E-state index contributed by atoms with van der Waals surface area (Å²) in [4.78, 5) is 26.5. The van der Waals surface area contributed by atoms with E-state index in [9.17, 15) is 9.59 Å². The van der Waals surface area contributed by atoms with E-state index in [1.807, 2.05) is 60.7 Å². The van der Waals surface area contributed by atoms with E-state index in [0.717, 1.165) is 11.1 Å². The predicted molar refractivity (Wildman–Crippen MR) is 114 cm³/mol. The predicted octanol–water partition coefficient (Wildman–Crippen LogP) is 2.66. The van der Waals surface area contributed by atoms with Gasteiger partial charge in [0.2, 0.25) is 5.88 Å². The number of rotatable bonds is 7. The molecule has 7 nitrogen and oxygen atoms in total. The van der Waals surface area contributed by atoms with Crippen LogP contribution in [-0.4, -0.2) is 28.4 Å². The Morgan fingerprint density at radius 2 is 1.65 bits per heavy atom. The molecule has 1 aliphatic heterocycles. The highest BCUT2D eigenvalue weighted by Crippen LogP contribution is 2.44. The van der Waals surface area contributed by atoms with Crippen molar-refractivity contribution in [2.75, 3.05) is 6.61 Å². The molecule has 0 radical (unpaired) electrons. The number of aromatic nitrogens is 2. The van der Waals surface area contributed by atoms with Crippen LogP contribution in [0.4, 0.5) is 0 Å². The van der Waals surface area contributed by atoms with E-state index in [1.54, 1.807) is 4.57 Å². The van der Waals surface area contributed by atoms with Crippen LogP contribution in [0.3, 0.4) is 0 Å². The molecule has 0 unspecified atom stereocenters. The second-order valence-corrected chi connectivity index (χ2v) is 8.03. The SMILES string of the molecule is O=c1cc2n(c(=O)[nH]1)[C@H]1C[C@H](OCc3ccccc3)[C@@H](COCc3ccccc3)[C@H]1O2. The van der Waals surface area contributed by atoms with Gasteiger partial charge in [0.15, 0.2) is 0 Å². The number of nitrogens with one attached hydrogen (secondary N) is 1. The second kappa shape index (κ2) is 8.53. The Bertz CT molecular complexity index is 1140. The Labute approximate surface area is 179 Å². The first-order valence-electron chi connectivity index (χ1n) is 10.5. The topological polar surface area (TPSA) is 82.6 Å². The van der Waals surface area contributed by atoms with Crippen molar-refractivity contribution in [1.82, 2.24) is 9.55 Å². The fourth-order valence-electron chi connectivity index (χ4n) is 4.55. The molecule has 0 saturated heterocycles. The average molecular weight is 420 g/mol. The van der Waals surface area contributed by atoms with E-state index in [2.05, 4.69) is 4.98 Å². The first-order chi connectivity index (χ1) is 15.2. The zero-order chi connectivity index (χ0) is 21.2. The monoisotopic (exact) mass is 420 g/mol. The fraction of sp³-hybridized carbons (Fsp3) is 0.333. The van der Waals surface area contributed by atoms with Gasteiger partial charge >= 0.3 is 5.69 Å². The summed E-state index contributed by atoms with van der Waals surface area (Å²) in [7, 11) is 0. The molecule has 1 fully saturated rings. The molecule has 1 N–H and O–H groups in total. The van der Waals surface area contributed by atoms with Crippen LogP contribution in [0.5, 0.6) is 5.88 Å². The molecule has 1 saturated carbocycles. The van der Waals surface area contributed by atoms with Crippen LogP contribution in [0.1, 0.15) is 23.6 Å². The molecule has 2 aliphatic rings. The van der Waals surface area contributed by atoms with Gasteiger partial charge in [-0.3, -0.25) is 14.3 Å². The Hall–Kier alpha value is -3.16. The molecule has 7 heteroatoms. The molecule has 1 aromatic heterocycles. The first kappa shape index (κ1) is 19.8. The van der Waals surface area contributed by atoms with Crippen LogP contribution < -0.4 is 16.0 Å². The number of nitrogens with zero attached hydrogens (tertiary/aromatic N) is 1. The number of hydrogen-bond acceptors (Lipinski definition) is 5. The summed E-state index contributed by atoms with van der Waals surface area (Å²) in [5.74, 6) is 0.255. The largest absolute Gasteiger partial charge is 0.473 e. The minimum atomic E-state index is -0.454. The van der Waals surface area contributed by atoms with E-state index in [0.29, 0.717) is 32.1 Å². The standard InChI is InChI=1S/C24H24N2O5/c27-21-12-22-26(24(28)25-21)19-11-20(30-14-17-9-5-2-6-10-17)18(23(19)31-22)15-29-13-16-7-3-1-4-8-16/h1-10,12,18-20,23H,11,13-15H2,(H,25,27,28)/t18-,19+,20+,23-/m1/s1. The van der Waals surface area contributed by atoms with Gasteiger partial charge in [0.25, 0.3) is 5.56 Å². The lowest BCUT2D eigenvalue weighted by molar-refractivity contribution is -0.0406. The van der Waals surface area contributed by atoms with E-state index in [-0.39, 0.29) is 24.2 Å². The summed E-state index contributed by atoms with van der Waals surface area (Å²) in [6.45, 7) is 1.41. The summed E-state index contributed by atoms with van der Waals surface area (Å²) in [5.41, 5.74) is 1.29. The number of ether oxygens (including phenoxy) is 3. The quantitative estimate of drug-likeness (QED) is 0.636. The highest BCUT2D eigenvalue weighted by atomic mass is 16.5. The van der Waals surface area contributed by atoms with Gasteiger partial charge < -0.3 is 14.2 Å². The number of hydrogen-bond donors (Lipinski definition) is 1. The van der Waals surface area contributed by atoms with Crippen molar-refractivity contribution in [3.05, 3.63) is 98.7 Å². The zero-order valence-electron chi connectivity index (χ0n) is 17.0. The summed E-state index contributed by atoms with van der Waals surface area (Å²) in [6.07, 6.45) is 0.216. The van der Waals surface area contributed by atoms with Crippen molar-refractivity contribution in [3.63, 3.8) is 0 Å². The molecule has 3 aromatic rings. The number of fused-ring (bicyclic) bond motifs is 3. The minimum absolute atomic E-state index is 0.0631. The lowest BCUT2D eigenvalue weighted by Crippen LogP contribution is -2.33. The molecule has 0 spiro atoms. The molecular weight excluding hydrogens is 396 g/mol. The Morgan fingerprint density at radius 3 is 2.35 bits per heavy atom. The second-order valence-electron chi connectivity index (χ2n) is 8.03. The van der Waals surface area contributed by atoms with E-state index in [1.165, 1.54) is 6.07 Å². The van der Waals surface area contributed by atoms with Crippen LogP contribution in [0.25, 0.3) is 0 Å². The van der Waals surface area contributed by atoms with Crippen molar-refractivity contribution in [1.29, 1.82) is 0 Å². The number of H-pyrrole nitrogens is 1. The van der Waals surface area contributed by atoms with Gasteiger partial charge in [-0.05, 0) is 17.5 Å². The maximum atomic E-state index is 12.4. The van der Waals surface area contributed by atoms with Crippen molar-refractivity contribution in [3.8, 4) is 5.88 Å². The Kier molecular flexibility index (Phi) is 5.44. The van der Waals surface area contributed by atoms with E-state index >= 15 is 0 Å². The molecule has 1 aliphatic carbocycles. The number of benzene rings is 2. The fourth-order valence-corrected chi connectivity index (χ4v) is 4.55. The van der Waals surface area contributed by atoms with E-state index in [4.69, 9.17) is 14.2 Å². The van der Waals surface area contributed by atoms with Crippen LogP contribution in [-0.2, 0) is 22.7 Å². The summed E-state index contributed by atoms with van der Waals surface area (Å²) in [5, 5.41) is 0. The lowest BCUT2D eigenvalue weighted by Gasteiger charge is -2.24. The molecule has 0 amide bonds. The van der Waals surface area contributed by atoms with Crippen LogP contribution >= 0.6 is 0 Å². The van der Waals surface area contributed by atoms with Gasteiger partial charge in [-0.2, -0.15) is 0 Å². The zero-order valence-corrected chi connectivity index (χ0v) is 17.0. The van der Waals surface area contributed by atoms with Crippen LogP contribution in [0.15, 0.2) is 76.3 Å². The summed E-state index contributed by atoms with van der Waals surface area (Å²) >= 11 is 0. The maximum absolute atomic E-state index is 12.4. The third-order valence-electron chi connectivity index (χ3n) is 6.01. The highest BCUT2D eigenvalue weighted by Gasteiger charge is 2.51. The smallest absolute Gasteiger partial charge is 0.331 e. The van der Waals surface area contributed by atoms with Gasteiger partial charge in [0.05, 0.1) is 38.0 Å². The molecule has 31 heavy (non-hydrogen) atoms. The van der Waals surface area contributed by atoms with Crippen molar-refractivity contribution in [2.45, 2.75) is 37.9 Å². The van der Waals surface area contributed by atoms with Gasteiger partial charge in [-0.15, -0.1) is 0 Å². The summed E-state index contributed by atoms with van der Waals surface area (Å²) < 4.78 is 19.9. The number of aromatic amines is 1. The van der Waals surface area contributed by atoms with Crippen LogP contribution in [0.2, 0.25) is 0 Å². The van der Waals surface area contributed by atoms with Crippen molar-refractivity contribution < 1.29 is 14.2 Å². The molecule has 0 bridgehead atoms. The van der Waals surface area contributed by atoms with Gasteiger partial charge in [0.1, 0.15) is 6.10 Å². The molecule has 160 valence electrons. The Balaban J connectivity index is 1.34. The Morgan fingerprint density at radius 1 is 0.968 bits per heavy atom. The summed E-state index contributed by atoms with van der Waals surface area (Å²) in [6, 6.07) is 21.1. The van der Waals surface area contributed by atoms with Gasteiger partial charge in [0, 0.05) is 5.92 Å². The molecule has 5 rings (SSSR count). The minimum Gasteiger partial charge on any atom is -0.473 e. The third kappa shape index (κ3) is 4.06. The van der Waals surface area contributed by atoms with Crippen LogP contribution in [0, 0.1) is 5.92 Å². The van der Waals surface area contributed by atoms with Crippen molar-refractivity contribution in [2.24, 2.45) is 5.92 Å². The molecule has 2 aromatic carbocycles. The maximum Gasteiger partial charge on any atom is 0.331 e. The van der Waals surface area contributed by atoms with E-state index < -0.39 is 11.2 Å². The molecular formula is C24H24N2O5. The first-order valence-corrected chi connectivity index (χ1v) is 10.5. The normalized spacial score (nSPS) is 23.9. The van der Waals surface area contributed by atoms with Crippen molar-refractivity contribution >= 4 is 0 Å². The van der Waals surface area contributed by atoms with Gasteiger partial charge in [-0.25, -0.2) is 4.79 Å². The molecule has 2 heterocycles. The van der Waals surface area contributed by atoms with Gasteiger partial charge in [-0.1, -0.05) is 60.7 Å². The highest BCUT2D eigenvalue weighted by molar-refractivity contribution is 5.20. The molecule has 4 atom stereocenters. The average Bonchev–Trinajstić information content (AvgIpc) is 3.29. The lowest BCUT2D eigenvalue weighted by atomic mass is 10.0. The third-order valence-corrected chi connectivity index (χ3v) is 6.01.